The van der Waals surface area contributed by atoms with Crippen LogP contribution in [0.2, 0.25) is 0 Å². The van der Waals surface area contributed by atoms with Crippen molar-refractivity contribution >= 4 is 0 Å². The third-order valence-electron chi connectivity index (χ3n) is 4.93. The van der Waals surface area contributed by atoms with Crippen molar-refractivity contribution in [1.29, 1.82) is 0 Å². The summed E-state index contributed by atoms with van der Waals surface area (Å²) < 4.78 is 13.3. The smallest absolute Gasteiger partial charge is 0.123 e. The molecule has 1 fully saturated rings. The van der Waals surface area contributed by atoms with Gasteiger partial charge in [0, 0.05) is 0 Å². The monoisotopic (exact) mass is 233 g/mol. The zero-order valence-electron chi connectivity index (χ0n) is 10.2. The van der Waals surface area contributed by atoms with E-state index >= 15 is 0 Å². The topological polar surface area (TPSA) is 26.0 Å². The number of halogens is 1. The quantitative estimate of drug-likeness (QED) is 0.792. The lowest BCUT2D eigenvalue weighted by Crippen LogP contribution is -2.41. The second-order valence-corrected chi connectivity index (χ2v) is 5.64. The zero-order valence-corrected chi connectivity index (χ0v) is 10.2. The number of hydrogen-bond donors (Lipinski definition) is 1. The molecule has 0 aliphatic heterocycles. The number of fused-ring (bicyclic) bond motifs is 2. The molecule has 1 spiro atoms. The molecule has 3 rings (SSSR count). The van der Waals surface area contributed by atoms with Crippen LogP contribution in [0, 0.1) is 11.7 Å². The van der Waals surface area contributed by atoms with Crippen LogP contribution in [0.4, 0.5) is 4.39 Å². The van der Waals surface area contributed by atoms with Gasteiger partial charge < -0.3 is 5.73 Å². The lowest BCUT2D eigenvalue weighted by Gasteiger charge is -2.43. The summed E-state index contributed by atoms with van der Waals surface area (Å²) in [5.41, 5.74) is 8.88. The van der Waals surface area contributed by atoms with Gasteiger partial charge in [-0.25, -0.2) is 4.39 Å². The third-order valence-corrected chi connectivity index (χ3v) is 4.93. The second kappa shape index (κ2) is 4.09. The summed E-state index contributed by atoms with van der Waals surface area (Å²) in [6, 6.07) is 5.39. The molecule has 0 amide bonds. The average Bonchev–Trinajstić information content (AvgIpc) is 2.79. The highest BCUT2D eigenvalue weighted by molar-refractivity contribution is 5.39. The molecular weight excluding hydrogens is 213 g/mol. The van der Waals surface area contributed by atoms with Gasteiger partial charge in [-0.05, 0) is 66.8 Å². The van der Waals surface area contributed by atoms with E-state index in [1.165, 1.54) is 36.8 Å². The molecule has 17 heavy (non-hydrogen) atoms. The summed E-state index contributed by atoms with van der Waals surface area (Å²) in [6.07, 6.45) is 7.21. The first-order chi connectivity index (χ1) is 8.26. The first-order valence-corrected chi connectivity index (χ1v) is 6.75. The highest BCUT2D eigenvalue weighted by Gasteiger charge is 2.45. The van der Waals surface area contributed by atoms with Crippen LogP contribution < -0.4 is 5.73 Å². The summed E-state index contributed by atoms with van der Waals surface area (Å²) in [7, 11) is 0. The molecule has 2 heteroatoms. The Labute approximate surface area is 102 Å². The third kappa shape index (κ3) is 1.61. The first kappa shape index (κ1) is 11.2. The molecular formula is C15H20FN. The minimum Gasteiger partial charge on any atom is -0.330 e. The van der Waals surface area contributed by atoms with Crippen LogP contribution in [0.3, 0.4) is 0 Å². The summed E-state index contributed by atoms with van der Waals surface area (Å²) in [4.78, 5) is 0. The molecule has 2 N–H and O–H groups in total. The molecule has 1 aromatic rings. The summed E-state index contributed by atoms with van der Waals surface area (Å²) in [5.74, 6) is 0.506. The Morgan fingerprint density at radius 1 is 1.29 bits per heavy atom. The minimum atomic E-state index is -0.0944. The Hall–Kier alpha value is -0.890. The molecule has 0 radical (unpaired) electrons. The summed E-state index contributed by atoms with van der Waals surface area (Å²) >= 11 is 0. The molecule has 0 saturated heterocycles. The fourth-order valence-corrected chi connectivity index (χ4v) is 4.11. The standard InChI is InChI=1S/C15H20FN/c16-13-5-6-14-11(9-13)3-4-12(10-17)15(14)7-1-2-8-15/h5-6,9,12H,1-4,7-8,10,17H2. The van der Waals surface area contributed by atoms with Gasteiger partial charge in [0.25, 0.3) is 0 Å². The van der Waals surface area contributed by atoms with E-state index < -0.39 is 0 Å². The number of rotatable bonds is 1. The number of hydrogen-bond acceptors (Lipinski definition) is 1. The molecule has 0 bridgehead atoms. The SMILES string of the molecule is NCC1CCc2cc(F)ccc2C12CCCC2. The second-order valence-electron chi connectivity index (χ2n) is 5.64. The maximum atomic E-state index is 13.3. The van der Waals surface area contributed by atoms with Crippen molar-refractivity contribution in [2.45, 2.75) is 43.9 Å². The van der Waals surface area contributed by atoms with E-state index in [2.05, 4.69) is 0 Å². The molecule has 1 unspecified atom stereocenters. The molecule has 1 atom stereocenters. The van der Waals surface area contributed by atoms with Crippen LogP contribution in [-0.4, -0.2) is 6.54 Å². The van der Waals surface area contributed by atoms with Crippen molar-refractivity contribution < 1.29 is 4.39 Å². The largest absolute Gasteiger partial charge is 0.330 e. The van der Waals surface area contributed by atoms with Gasteiger partial charge in [-0.15, -0.1) is 0 Å². The minimum absolute atomic E-state index is 0.0944. The van der Waals surface area contributed by atoms with E-state index in [1.54, 1.807) is 12.1 Å². The molecule has 0 heterocycles. The van der Waals surface area contributed by atoms with Crippen LogP contribution in [0.25, 0.3) is 0 Å². The van der Waals surface area contributed by atoms with E-state index in [9.17, 15) is 4.39 Å². The Kier molecular flexibility index (Phi) is 2.70. The summed E-state index contributed by atoms with van der Waals surface area (Å²) in [5, 5.41) is 0. The normalized spacial score (nSPS) is 26.1. The van der Waals surface area contributed by atoms with E-state index in [1.807, 2.05) is 6.07 Å². The van der Waals surface area contributed by atoms with Crippen molar-refractivity contribution in [2.24, 2.45) is 11.7 Å². The fraction of sp³-hybridized carbons (Fsp3) is 0.600. The number of nitrogens with two attached hydrogens (primary N) is 1. The van der Waals surface area contributed by atoms with Crippen molar-refractivity contribution in [1.82, 2.24) is 0 Å². The van der Waals surface area contributed by atoms with Crippen molar-refractivity contribution in [2.75, 3.05) is 6.54 Å². The van der Waals surface area contributed by atoms with Crippen LogP contribution in [0.15, 0.2) is 18.2 Å². The first-order valence-electron chi connectivity index (χ1n) is 6.75. The van der Waals surface area contributed by atoms with Gasteiger partial charge >= 0.3 is 0 Å². The molecule has 92 valence electrons. The van der Waals surface area contributed by atoms with Crippen LogP contribution in [-0.2, 0) is 11.8 Å². The van der Waals surface area contributed by atoms with Gasteiger partial charge in [0.15, 0.2) is 0 Å². The van der Waals surface area contributed by atoms with Crippen molar-refractivity contribution in [3.63, 3.8) is 0 Å². The van der Waals surface area contributed by atoms with Crippen LogP contribution in [0.5, 0.6) is 0 Å². The Bertz CT molecular complexity index is 421. The van der Waals surface area contributed by atoms with E-state index in [-0.39, 0.29) is 11.2 Å². The van der Waals surface area contributed by atoms with Crippen molar-refractivity contribution in [3.8, 4) is 0 Å². The molecule has 1 saturated carbocycles. The van der Waals surface area contributed by atoms with E-state index in [0.717, 1.165) is 19.4 Å². The Balaban J connectivity index is 2.10. The van der Waals surface area contributed by atoms with Gasteiger partial charge in [0.1, 0.15) is 5.82 Å². The van der Waals surface area contributed by atoms with Crippen LogP contribution in [0.1, 0.15) is 43.2 Å². The van der Waals surface area contributed by atoms with E-state index in [0.29, 0.717) is 5.92 Å². The van der Waals surface area contributed by atoms with Gasteiger partial charge in [0.2, 0.25) is 0 Å². The number of aryl methyl sites for hydroxylation is 1. The summed E-state index contributed by atoms with van der Waals surface area (Å²) in [6.45, 7) is 0.775. The predicted octanol–water partition coefficient (Wildman–Crippen LogP) is 3.16. The number of benzene rings is 1. The highest BCUT2D eigenvalue weighted by atomic mass is 19.1. The maximum Gasteiger partial charge on any atom is 0.123 e. The van der Waals surface area contributed by atoms with Gasteiger partial charge in [-0.2, -0.15) is 0 Å². The van der Waals surface area contributed by atoms with Crippen molar-refractivity contribution in [3.05, 3.63) is 35.1 Å². The molecule has 0 aromatic heterocycles. The Morgan fingerprint density at radius 2 is 2.06 bits per heavy atom. The molecule has 1 nitrogen and oxygen atoms in total. The van der Waals surface area contributed by atoms with Gasteiger partial charge in [-0.1, -0.05) is 18.9 Å². The predicted molar refractivity (Wildman–Crippen MR) is 67.4 cm³/mol. The van der Waals surface area contributed by atoms with Gasteiger partial charge in [-0.3, -0.25) is 0 Å². The molecule has 2 aliphatic carbocycles. The zero-order chi connectivity index (χ0) is 11.9. The van der Waals surface area contributed by atoms with Crippen LogP contribution >= 0.6 is 0 Å². The Morgan fingerprint density at radius 3 is 2.76 bits per heavy atom. The average molecular weight is 233 g/mol. The van der Waals surface area contributed by atoms with Gasteiger partial charge in [0.05, 0.1) is 0 Å². The lowest BCUT2D eigenvalue weighted by atomic mass is 9.62. The van der Waals surface area contributed by atoms with E-state index in [4.69, 9.17) is 5.73 Å². The highest BCUT2D eigenvalue weighted by Crippen LogP contribution is 2.51. The molecule has 2 aliphatic rings. The lowest BCUT2D eigenvalue weighted by molar-refractivity contribution is 0.243. The fourth-order valence-electron chi connectivity index (χ4n) is 4.11. The molecule has 1 aromatic carbocycles. The maximum absolute atomic E-state index is 13.3.